The second kappa shape index (κ2) is 7.08. The second-order valence-corrected chi connectivity index (χ2v) is 6.81. The second-order valence-electron chi connectivity index (χ2n) is 5.98. The molecule has 2 aromatic heterocycles. The first-order valence-electron chi connectivity index (χ1n) is 7.98. The zero-order chi connectivity index (χ0) is 16.2. The van der Waals surface area contributed by atoms with E-state index in [4.69, 9.17) is 0 Å². The third-order valence-electron chi connectivity index (χ3n) is 4.05. The first kappa shape index (κ1) is 15.9. The van der Waals surface area contributed by atoms with E-state index in [1.807, 2.05) is 30.9 Å². The van der Waals surface area contributed by atoms with E-state index >= 15 is 0 Å². The number of amides is 1. The number of hydrogen-bond acceptors (Lipinski definition) is 5. The zero-order valence-corrected chi connectivity index (χ0v) is 14.5. The molecule has 1 aliphatic heterocycles. The predicted octanol–water partition coefficient (Wildman–Crippen LogP) is 2.44. The highest BCUT2D eigenvalue weighted by molar-refractivity contribution is 7.13. The molecule has 0 aliphatic carbocycles. The molecule has 0 aromatic carbocycles. The minimum atomic E-state index is 0.188. The molecule has 122 valence electrons. The van der Waals surface area contributed by atoms with Crippen LogP contribution in [-0.4, -0.2) is 47.0 Å². The SMILES string of the molecule is Cc1ccc(CC(=O)N2CCCN(c3nc(C)cs3)CC2)cn1. The highest BCUT2D eigenvalue weighted by atomic mass is 32.1. The minimum absolute atomic E-state index is 0.188. The maximum absolute atomic E-state index is 12.5. The first-order valence-corrected chi connectivity index (χ1v) is 8.86. The van der Waals surface area contributed by atoms with Crippen molar-refractivity contribution in [1.82, 2.24) is 14.9 Å². The Morgan fingerprint density at radius 3 is 2.74 bits per heavy atom. The van der Waals surface area contributed by atoms with Crippen molar-refractivity contribution in [2.24, 2.45) is 0 Å². The number of pyridine rings is 1. The van der Waals surface area contributed by atoms with Crippen LogP contribution in [0.2, 0.25) is 0 Å². The Hall–Kier alpha value is -1.95. The third kappa shape index (κ3) is 4.07. The fraction of sp³-hybridized carbons (Fsp3) is 0.471. The Balaban J connectivity index is 1.58. The number of hydrogen-bond donors (Lipinski definition) is 0. The number of carbonyl (C=O) groups excluding carboxylic acids is 1. The van der Waals surface area contributed by atoms with Crippen molar-refractivity contribution in [3.05, 3.63) is 40.7 Å². The van der Waals surface area contributed by atoms with Crippen LogP contribution in [0.15, 0.2) is 23.7 Å². The summed E-state index contributed by atoms with van der Waals surface area (Å²) in [6.45, 7) is 7.36. The van der Waals surface area contributed by atoms with Gasteiger partial charge in [-0.15, -0.1) is 11.3 Å². The molecule has 1 aliphatic rings. The van der Waals surface area contributed by atoms with Crippen LogP contribution < -0.4 is 4.90 Å². The topological polar surface area (TPSA) is 49.3 Å². The van der Waals surface area contributed by atoms with Crippen LogP contribution in [0.25, 0.3) is 0 Å². The average Bonchev–Trinajstić information content (AvgIpc) is 2.83. The molecule has 1 saturated heterocycles. The number of anilines is 1. The van der Waals surface area contributed by atoms with E-state index in [1.54, 1.807) is 17.5 Å². The quantitative estimate of drug-likeness (QED) is 0.867. The van der Waals surface area contributed by atoms with Gasteiger partial charge in [0.2, 0.25) is 5.91 Å². The zero-order valence-electron chi connectivity index (χ0n) is 13.7. The summed E-state index contributed by atoms with van der Waals surface area (Å²) in [5.74, 6) is 0.188. The van der Waals surface area contributed by atoms with E-state index in [0.29, 0.717) is 6.42 Å². The van der Waals surface area contributed by atoms with Gasteiger partial charge in [0, 0.05) is 43.4 Å². The van der Waals surface area contributed by atoms with Gasteiger partial charge in [0.1, 0.15) is 0 Å². The Labute approximate surface area is 141 Å². The van der Waals surface area contributed by atoms with Crippen LogP contribution in [0.3, 0.4) is 0 Å². The molecule has 3 rings (SSSR count). The summed E-state index contributed by atoms with van der Waals surface area (Å²) in [4.78, 5) is 25.6. The van der Waals surface area contributed by atoms with Crippen molar-refractivity contribution < 1.29 is 4.79 Å². The Kier molecular flexibility index (Phi) is 4.91. The smallest absolute Gasteiger partial charge is 0.227 e. The summed E-state index contributed by atoms with van der Waals surface area (Å²) in [7, 11) is 0. The van der Waals surface area contributed by atoms with Gasteiger partial charge in [-0.2, -0.15) is 0 Å². The van der Waals surface area contributed by atoms with Crippen molar-refractivity contribution in [1.29, 1.82) is 0 Å². The van der Waals surface area contributed by atoms with E-state index in [2.05, 4.69) is 20.2 Å². The van der Waals surface area contributed by atoms with E-state index in [0.717, 1.165) is 54.7 Å². The number of nitrogens with zero attached hydrogens (tertiary/aromatic N) is 4. The lowest BCUT2D eigenvalue weighted by molar-refractivity contribution is -0.130. The highest BCUT2D eigenvalue weighted by Gasteiger charge is 2.20. The van der Waals surface area contributed by atoms with E-state index in [1.165, 1.54) is 0 Å². The van der Waals surface area contributed by atoms with Gasteiger partial charge in [-0.25, -0.2) is 4.98 Å². The van der Waals surface area contributed by atoms with E-state index < -0.39 is 0 Å². The molecule has 6 heteroatoms. The number of aryl methyl sites for hydroxylation is 2. The lowest BCUT2D eigenvalue weighted by Gasteiger charge is -2.21. The third-order valence-corrected chi connectivity index (χ3v) is 5.07. The minimum Gasteiger partial charge on any atom is -0.346 e. The van der Waals surface area contributed by atoms with Gasteiger partial charge in [-0.05, 0) is 31.9 Å². The number of rotatable bonds is 3. The lowest BCUT2D eigenvalue weighted by atomic mass is 10.2. The molecule has 1 amide bonds. The van der Waals surface area contributed by atoms with Crippen LogP contribution in [0.1, 0.15) is 23.4 Å². The first-order chi connectivity index (χ1) is 11.1. The standard InChI is InChI=1S/C17H22N4OS/c1-13-4-5-15(11-18-13)10-16(22)20-6-3-7-21(9-8-20)17-19-14(2)12-23-17/h4-5,11-12H,3,6-10H2,1-2H3. The van der Waals surface area contributed by atoms with E-state index in [-0.39, 0.29) is 5.91 Å². The van der Waals surface area contributed by atoms with Gasteiger partial charge in [0.15, 0.2) is 5.13 Å². The van der Waals surface area contributed by atoms with Crippen LogP contribution in [-0.2, 0) is 11.2 Å². The highest BCUT2D eigenvalue weighted by Crippen LogP contribution is 2.21. The van der Waals surface area contributed by atoms with Crippen molar-refractivity contribution in [3.63, 3.8) is 0 Å². The van der Waals surface area contributed by atoms with E-state index in [9.17, 15) is 4.79 Å². The molecule has 0 unspecified atom stereocenters. The molecule has 0 atom stereocenters. The molecule has 0 radical (unpaired) electrons. The summed E-state index contributed by atoms with van der Waals surface area (Å²) in [5, 5.41) is 3.15. The van der Waals surface area contributed by atoms with Crippen LogP contribution in [0.4, 0.5) is 5.13 Å². The molecule has 2 aromatic rings. The van der Waals surface area contributed by atoms with Crippen LogP contribution in [0.5, 0.6) is 0 Å². The fourth-order valence-corrected chi connectivity index (χ4v) is 3.59. The van der Waals surface area contributed by atoms with Crippen molar-refractivity contribution >= 4 is 22.4 Å². The molecular formula is C17H22N4OS. The normalized spacial score (nSPS) is 15.6. The van der Waals surface area contributed by atoms with Gasteiger partial charge in [-0.3, -0.25) is 9.78 Å². The summed E-state index contributed by atoms with van der Waals surface area (Å²) >= 11 is 1.68. The summed E-state index contributed by atoms with van der Waals surface area (Å²) in [6, 6.07) is 3.94. The predicted molar refractivity (Wildman–Crippen MR) is 92.9 cm³/mol. The van der Waals surface area contributed by atoms with Crippen LogP contribution >= 0.6 is 11.3 Å². The van der Waals surface area contributed by atoms with Crippen molar-refractivity contribution in [2.45, 2.75) is 26.7 Å². The summed E-state index contributed by atoms with van der Waals surface area (Å²) in [6.07, 6.45) is 3.22. The molecule has 0 N–H and O–H groups in total. The summed E-state index contributed by atoms with van der Waals surface area (Å²) < 4.78 is 0. The Bertz CT molecular complexity index is 667. The largest absolute Gasteiger partial charge is 0.346 e. The molecular weight excluding hydrogens is 308 g/mol. The molecule has 1 fully saturated rings. The molecule has 0 bridgehead atoms. The number of thiazole rings is 1. The van der Waals surface area contributed by atoms with Gasteiger partial charge >= 0.3 is 0 Å². The average molecular weight is 330 g/mol. The molecule has 3 heterocycles. The molecule has 5 nitrogen and oxygen atoms in total. The van der Waals surface area contributed by atoms with Gasteiger partial charge in [0.25, 0.3) is 0 Å². The maximum Gasteiger partial charge on any atom is 0.227 e. The maximum atomic E-state index is 12.5. The van der Waals surface area contributed by atoms with Gasteiger partial charge < -0.3 is 9.80 Å². The van der Waals surface area contributed by atoms with Crippen LogP contribution in [0, 0.1) is 13.8 Å². The summed E-state index contributed by atoms with van der Waals surface area (Å²) in [5.41, 5.74) is 3.02. The molecule has 0 saturated carbocycles. The number of aromatic nitrogens is 2. The lowest BCUT2D eigenvalue weighted by Crippen LogP contribution is -2.36. The van der Waals surface area contributed by atoms with Gasteiger partial charge in [-0.1, -0.05) is 6.07 Å². The molecule has 0 spiro atoms. The monoisotopic (exact) mass is 330 g/mol. The number of carbonyl (C=O) groups is 1. The Morgan fingerprint density at radius 2 is 2.04 bits per heavy atom. The fourth-order valence-electron chi connectivity index (χ4n) is 2.73. The molecule has 23 heavy (non-hydrogen) atoms. The van der Waals surface area contributed by atoms with Gasteiger partial charge in [0.05, 0.1) is 12.1 Å². The van der Waals surface area contributed by atoms with Crippen molar-refractivity contribution in [3.8, 4) is 0 Å². The Morgan fingerprint density at radius 1 is 1.17 bits per heavy atom. The van der Waals surface area contributed by atoms with Crippen molar-refractivity contribution in [2.75, 3.05) is 31.1 Å².